The Kier molecular flexibility index (Phi) is 4.49. The lowest BCUT2D eigenvalue weighted by Gasteiger charge is -2.37. The highest BCUT2D eigenvalue weighted by Gasteiger charge is 2.43. The van der Waals surface area contributed by atoms with E-state index in [0.717, 1.165) is 38.0 Å². The Hall–Kier alpha value is -2.27. The molecule has 2 atom stereocenters. The number of furan rings is 1. The predicted octanol–water partition coefficient (Wildman–Crippen LogP) is 3.83. The van der Waals surface area contributed by atoms with E-state index in [1.165, 1.54) is 5.56 Å². The lowest BCUT2D eigenvalue weighted by Crippen LogP contribution is -2.47. The highest BCUT2D eigenvalue weighted by atomic mass is 16.6. The van der Waals surface area contributed by atoms with Crippen molar-refractivity contribution >= 4 is 6.09 Å². The Morgan fingerprint density at radius 3 is 2.56 bits per heavy atom. The molecule has 4 rings (SSSR count). The molecular formula is C20H24N2O3. The second kappa shape index (κ2) is 6.92. The van der Waals surface area contributed by atoms with Crippen molar-refractivity contribution in [1.29, 1.82) is 0 Å². The summed E-state index contributed by atoms with van der Waals surface area (Å²) in [5, 5.41) is 0. The second-order valence-corrected chi connectivity index (χ2v) is 7.00. The van der Waals surface area contributed by atoms with E-state index < -0.39 is 0 Å². The number of hydrogen-bond donors (Lipinski definition) is 0. The van der Waals surface area contributed by atoms with Crippen LogP contribution in [-0.2, 0) is 11.3 Å². The Labute approximate surface area is 148 Å². The lowest BCUT2D eigenvalue weighted by atomic mass is 9.98. The maximum absolute atomic E-state index is 12.5. The van der Waals surface area contributed by atoms with Crippen molar-refractivity contribution in [1.82, 2.24) is 9.80 Å². The standard InChI is InChI=1S/C20H24N2O3/c1-15-19(17-5-3-2-4-6-17)25-20(23)22(15)18-7-10-21(11-8-18)13-16-9-12-24-14-16/h2-6,9,12,14-15,18-19H,7-8,10-11,13H2,1H3. The van der Waals surface area contributed by atoms with Gasteiger partial charge in [-0.1, -0.05) is 30.3 Å². The zero-order valence-electron chi connectivity index (χ0n) is 14.5. The minimum absolute atomic E-state index is 0.0697. The molecule has 2 aliphatic rings. The lowest BCUT2D eigenvalue weighted by molar-refractivity contribution is 0.106. The van der Waals surface area contributed by atoms with Crippen molar-refractivity contribution in [3.05, 3.63) is 60.1 Å². The van der Waals surface area contributed by atoms with E-state index in [1.807, 2.05) is 41.3 Å². The maximum atomic E-state index is 12.5. The molecular weight excluding hydrogens is 316 g/mol. The zero-order chi connectivity index (χ0) is 17.2. The number of cyclic esters (lactones) is 1. The van der Waals surface area contributed by atoms with Crippen LogP contribution in [-0.4, -0.2) is 41.1 Å². The first-order chi connectivity index (χ1) is 12.2. The molecule has 2 aromatic rings. The Morgan fingerprint density at radius 1 is 1.12 bits per heavy atom. The molecule has 0 radical (unpaired) electrons. The highest BCUT2D eigenvalue weighted by molar-refractivity contribution is 5.71. The van der Waals surface area contributed by atoms with Gasteiger partial charge in [0.05, 0.1) is 18.6 Å². The molecule has 1 aromatic carbocycles. The van der Waals surface area contributed by atoms with Gasteiger partial charge in [-0.25, -0.2) is 4.79 Å². The molecule has 1 amide bonds. The summed E-state index contributed by atoms with van der Waals surface area (Å²) >= 11 is 0. The van der Waals surface area contributed by atoms with Crippen molar-refractivity contribution in [3.8, 4) is 0 Å². The first-order valence-electron chi connectivity index (χ1n) is 8.99. The number of amides is 1. The summed E-state index contributed by atoms with van der Waals surface area (Å²) in [6, 6.07) is 12.4. The molecule has 2 saturated heterocycles. The number of carbonyl (C=O) groups is 1. The number of piperidine rings is 1. The van der Waals surface area contributed by atoms with E-state index in [9.17, 15) is 4.79 Å². The number of benzene rings is 1. The molecule has 5 heteroatoms. The number of carbonyl (C=O) groups excluding carboxylic acids is 1. The molecule has 3 heterocycles. The Balaban J connectivity index is 1.38. The van der Waals surface area contributed by atoms with Crippen molar-refractivity contribution in [2.45, 2.75) is 44.5 Å². The van der Waals surface area contributed by atoms with Crippen LogP contribution in [0.15, 0.2) is 53.3 Å². The monoisotopic (exact) mass is 340 g/mol. The largest absolute Gasteiger partial charge is 0.472 e. The molecule has 0 aliphatic carbocycles. The number of likely N-dealkylation sites (tertiary alicyclic amines) is 1. The minimum Gasteiger partial charge on any atom is -0.472 e. The Morgan fingerprint density at radius 2 is 1.88 bits per heavy atom. The molecule has 2 unspecified atom stereocenters. The van der Waals surface area contributed by atoms with Crippen LogP contribution >= 0.6 is 0 Å². The molecule has 0 N–H and O–H groups in total. The minimum atomic E-state index is -0.172. The molecule has 25 heavy (non-hydrogen) atoms. The van der Waals surface area contributed by atoms with Gasteiger partial charge >= 0.3 is 6.09 Å². The van der Waals surface area contributed by atoms with Crippen molar-refractivity contribution < 1.29 is 13.9 Å². The summed E-state index contributed by atoms with van der Waals surface area (Å²) < 4.78 is 10.8. The summed E-state index contributed by atoms with van der Waals surface area (Å²) in [4.78, 5) is 16.9. The van der Waals surface area contributed by atoms with E-state index in [-0.39, 0.29) is 24.3 Å². The van der Waals surface area contributed by atoms with Crippen LogP contribution in [0.1, 0.15) is 37.0 Å². The average Bonchev–Trinajstić information content (AvgIpc) is 3.25. The third-order valence-electron chi connectivity index (χ3n) is 5.38. The third kappa shape index (κ3) is 3.29. The molecule has 2 aliphatic heterocycles. The molecule has 5 nitrogen and oxygen atoms in total. The van der Waals surface area contributed by atoms with E-state index in [0.29, 0.717) is 0 Å². The summed E-state index contributed by atoms with van der Waals surface area (Å²) in [5.74, 6) is 0. The quantitative estimate of drug-likeness (QED) is 0.849. The van der Waals surface area contributed by atoms with Gasteiger partial charge < -0.3 is 9.15 Å². The zero-order valence-corrected chi connectivity index (χ0v) is 14.5. The molecule has 0 saturated carbocycles. The Bertz CT molecular complexity index is 693. The fourth-order valence-corrected chi connectivity index (χ4v) is 4.05. The fourth-order valence-electron chi connectivity index (χ4n) is 4.05. The highest BCUT2D eigenvalue weighted by Crippen LogP contribution is 2.35. The van der Waals surface area contributed by atoms with Gasteiger partial charge in [0.1, 0.15) is 6.10 Å². The summed E-state index contributed by atoms with van der Waals surface area (Å²) in [6.07, 6.45) is 5.15. The molecule has 2 fully saturated rings. The van der Waals surface area contributed by atoms with Crippen LogP contribution in [0, 0.1) is 0 Å². The summed E-state index contributed by atoms with van der Waals surface area (Å²) in [7, 11) is 0. The van der Waals surface area contributed by atoms with Gasteiger partial charge in [-0.2, -0.15) is 0 Å². The van der Waals surface area contributed by atoms with Gasteiger partial charge in [-0.05, 0) is 31.4 Å². The summed E-state index contributed by atoms with van der Waals surface area (Å²) in [5.41, 5.74) is 2.28. The van der Waals surface area contributed by atoms with E-state index in [4.69, 9.17) is 9.15 Å². The van der Waals surface area contributed by atoms with Crippen LogP contribution in [0.25, 0.3) is 0 Å². The normalized spacial score (nSPS) is 25.3. The maximum Gasteiger partial charge on any atom is 0.411 e. The second-order valence-electron chi connectivity index (χ2n) is 7.00. The van der Waals surface area contributed by atoms with Crippen LogP contribution in [0.4, 0.5) is 4.79 Å². The van der Waals surface area contributed by atoms with Gasteiger partial charge in [0, 0.05) is 31.2 Å². The predicted molar refractivity (Wildman–Crippen MR) is 94.0 cm³/mol. The summed E-state index contributed by atoms with van der Waals surface area (Å²) in [6.45, 7) is 4.99. The molecule has 0 spiro atoms. The third-order valence-corrected chi connectivity index (χ3v) is 5.38. The van der Waals surface area contributed by atoms with E-state index >= 15 is 0 Å². The van der Waals surface area contributed by atoms with Gasteiger partial charge in [-0.15, -0.1) is 0 Å². The van der Waals surface area contributed by atoms with Crippen molar-refractivity contribution in [2.75, 3.05) is 13.1 Å². The van der Waals surface area contributed by atoms with Crippen molar-refractivity contribution in [3.63, 3.8) is 0 Å². The van der Waals surface area contributed by atoms with Gasteiger partial charge in [-0.3, -0.25) is 9.80 Å². The van der Waals surface area contributed by atoms with Crippen LogP contribution in [0.2, 0.25) is 0 Å². The smallest absolute Gasteiger partial charge is 0.411 e. The fraction of sp³-hybridized carbons (Fsp3) is 0.450. The van der Waals surface area contributed by atoms with Gasteiger partial charge in [0.15, 0.2) is 0 Å². The van der Waals surface area contributed by atoms with Crippen LogP contribution in [0.3, 0.4) is 0 Å². The first kappa shape index (κ1) is 16.2. The first-order valence-corrected chi connectivity index (χ1v) is 8.99. The van der Waals surface area contributed by atoms with Gasteiger partial charge in [0.2, 0.25) is 0 Å². The number of hydrogen-bond acceptors (Lipinski definition) is 4. The van der Waals surface area contributed by atoms with E-state index in [2.05, 4.69) is 11.8 Å². The molecule has 0 bridgehead atoms. The number of rotatable bonds is 4. The van der Waals surface area contributed by atoms with Crippen LogP contribution in [0.5, 0.6) is 0 Å². The van der Waals surface area contributed by atoms with Crippen LogP contribution < -0.4 is 0 Å². The molecule has 132 valence electrons. The van der Waals surface area contributed by atoms with Gasteiger partial charge in [0.25, 0.3) is 0 Å². The average molecular weight is 340 g/mol. The molecule has 1 aromatic heterocycles. The van der Waals surface area contributed by atoms with Crippen molar-refractivity contribution in [2.24, 2.45) is 0 Å². The SMILES string of the molecule is CC1C(c2ccccc2)OC(=O)N1C1CCN(Cc2ccoc2)CC1. The van der Waals surface area contributed by atoms with E-state index in [1.54, 1.807) is 12.5 Å². The number of nitrogens with zero attached hydrogens (tertiary/aromatic N) is 2. The topological polar surface area (TPSA) is 45.9 Å². The number of ether oxygens (including phenoxy) is 1.